The molecule has 0 saturated carbocycles. The third-order valence-corrected chi connectivity index (χ3v) is 6.57. The van der Waals surface area contributed by atoms with Crippen molar-refractivity contribution in [3.8, 4) is 0 Å². The number of hydrogen-bond acceptors (Lipinski definition) is 4. The monoisotopic (exact) mass is 411 g/mol. The van der Waals surface area contributed by atoms with Crippen molar-refractivity contribution in [2.45, 2.75) is 89.9 Å². The first-order valence-corrected chi connectivity index (χ1v) is 12.1. The highest BCUT2D eigenvalue weighted by Crippen LogP contribution is 2.19. The van der Waals surface area contributed by atoms with Crippen molar-refractivity contribution in [3.63, 3.8) is 0 Å². The molecule has 6 heteroatoms. The molecule has 0 unspecified atom stereocenters. The largest absolute Gasteiger partial charge is 0.449 e. The van der Waals surface area contributed by atoms with Gasteiger partial charge in [0.25, 0.3) is 10.0 Å². The molecular weight excluding hydrogens is 374 g/mol. The van der Waals surface area contributed by atoms with Crippen LogP contribution in [-0.2, 0) is 14.8 Å². The third-order valence-electron chi connectivity index (χ3n) is 4.80. The van der Waals surface area contributed by atoms with Crippen molar-refractivity contribution in [1.82, 2.24) is 4.31 Å². The lowest BCUT2D eigenvalue weighted by atomic mass is 10.1. The Morgan fingerprint density at radius 1 is 0.857 bits per heavy atom. The van der Waals surface area contributed by atoms with Crippen LogP contribution in [0.5, 0.6) is 0 Å². The van der Waals surface area contributed by atoms with Gasteiger partial charge in [-0.25, -0.2) is 17.5 Å². The van der Waals surface area contributed by atoms with Crippen LogP contribution in [0.3, 0.4) is 0 Å². The number of ether oxygens (including phenoxy) is 1. The molecule has 0 aliphatic rings. The highest BCUT2D eigenvalue weighted by molar-refractivity contribution is 7.89. The molecule has 1 aromatic rings. The highest BCUT2D eigenvalue weighted by Gasteiger charge is 2.29. The number of carbonyl (C=O) groups is 1. The first-order valence-electron chi connectivity index (χ1n) is 10.7. The van der Waals surface area contributed by atoms with Crippen molar-refractivity contribution in [2.24, 2.45) is 0 Å². The maximum Gasteiger partial charge on any atom is 0.423 e. The lowest BCUT2D eigenvalue weighted by Gasteiger charge is -2.21. The predicted molar refractivity (Wildman–Crippen MR) is 114 cm³/mol. The van der Waals surface area contributed by atoms with Crippen LogP contribution in [0.25, 0.3) is 0 Å². The Hall–Kier alpha value is -1.56. The Kier molecular flexibility index (Phi) is 11.9. The molecule has 0 atom stereocenters. The van der Waals surface area contributed by atoms with Crippen LogP contribution in [0.4, 0.5) is 4.79 Å². The summed E-state index contributed by atoms with van der Waals surface area (Å²) in [6.45, 7) is 6.10. The Morgan fingerprint density at radius 3 is 1.86 bits per heavy atom. The smallest absolute Gasteiger partial charge is 0.423 e. The van der Waals surface area contributed by atoms with Crippen molar-refractivity contribution in [1.29, 1.82) is 0 Å². The number of rotatable bonds is 14. The molecule has 0 fully saturated rings. The molecule has 5 nitrogen and oxygen atoms in total. The second-order valence-electron chi connectivity index (χ2n) is 7.27. The maximum absolute atomic E-state index is 12.9. The van der Waals surface area contributed by atoms with Crippen LogP contribution in [0.2, 0.25) is 0 Å². The van der Waals surface area contributed by atoms with E-state index >= 15 is 0 Å². The van der Waals surface area contributed by atoms with Crippen LogP contribution in [0, 0.1) is 6.92 Å². The van der Waals surface area contributed by atoms with Gasteiger partial charge in [0.15, 0.2) is 0 Å². The molecule has 1 amide bonds. The van der Waals surface area contributed by atoms with E-state index in [1.165, 1.54) is 50.7 Å². The number of hydrogen-bond donors (Lipinski definition) is 0. The van der Waals surface area contributed by atoms with Crippen molar-refractivity contribution < 1.29 is 17.9 Å². The molecule has 1 rings (SSSR count). The zero-order valence-electron chi connectivity index (χ0n) is 17.8. The Bertz CT molecular complexity index is 656. The van der Waals surface area contributed by atoms with Gasteiger partial charge in [-0.15, -0.1) is 0 Å². The molecule has 28 heavy (non-hydrogen) atoms. The Morgan fingerprint density at radius 2 is 1.36 bits per heavy atom. The van der Waals surface area contributed by atoms with Gasteiger partial charge in [-0.2, -0.15) is 0 Å². The van der Waals surface area contributed by atoms with E-state index < -0.39 is 16.1 Å². The van der Waals surface area contributed by atoms with E-state index in [4.69, 9.17) is 4.74 Å². The molecule has 0 aliphatic carbocycles. The Labute approximate surface area is 171 Å². The molecule has 0 aliphatic heterocycles. The average molecular weight is 412 g/mol. The maximum atomic E-state index is 12.9. The standard InChI is InChI=1S/C22H37NO4S/c1-4-6-7-8-9-10-11-12-13-14-19-23(22(24)27-5-2)28(25,26)21-17-15-20(3)16-18-21/h15-18H,4-14,19H2,1-3H3. The second-order valence-corrected chi connectivity index (χ2v) is 9.13. The van der Waals surface area contributed by atoms with Gasteiger partial charge < -0.3 is 4.74 Å². The minimum absolute atomic E-state index is 0.123. The van der Waals surface area contributed by atoms with E-state index in [2.05, 4.69) is 6.92 Å². The number of carbonyl (C=O) groups excluding carboxylic acids is 1. The molecule has 0 saturated heterocycles. The molecule has 0 N–H and O–H groups in total. The number of sulfonamides is 1. The number of benzene rings is 1. The summed E-state index contributed by atoms with van der Waals surface area (Å²) in [5.74, 6) is 0. The van der Waals surface area contributed by atoms with Gasteiger partial charge in [0.1, 0.15) is 0 Å². The minimum Gasteiger partial charge on any atom is -0.449 e. The van der Waals surface area contributed by atoms with Gasteiger partial charge in [-0.3, -0.25) is 0 Å². The predicted octanol–water partition coefficient (Wildman–Crippen LogP) is 6.06. The Balaban J connectivity index is 2.50. The van der Waals surface area contributed by atoms with Crippen LogP contribution < -0.4 is 0 Å². The number of aryl methyl sites for hydroxylation is 1. The van der Waals surface area contributed by atoms with Crippen molar-refractivity contribution in [3.05, 3.63) is 29.8 Å². The molecular formula is C22H37NO4S. The molecule has 0 bridgehead atoms. The fraction of sp³-hybridized carbons (Fsp3) is 0.682. The van der Waals surface area contributed by atoms with E-state index in [-0.39, 0.29) is 18.0 Å². The van der Waals surface area contributed by atoms with Crippen LogP contribution in [-0.4, -0.2) is 32.0 Å². The van der Waals surface area contributed by atoms with Gasteiger partial charge in [0.05, 0.1) is 11.5 Å². The molecule has 160 valence electrons. The first kappa shape index (κ1) is 24.5. The number of amides is 1. The molecule has 0 radical (unpaired) electrons. The SMILES string of the molecule is CCCCCCCCCCCCN(C(=O)OCC)S(=O)(=O)c1ccc(C)cc1. The van der Waals surface area contributed by atoms with Crippen molar-refractivity contribution >= 4 is 16.1 Å². The summed E-state index contributed by atoms with van der Waals surface area (Å²) in [5, 5.41) is 0. The first-order chi connectivity index (χ1) is 13.4. The topological polar surface area (TPSA) is 63.7 Å². The fourth-order valence-electron chi connectivity index (χ4n) is 3.09. The number of unbranched alkanes of at least 4 members (excludes halogenated alkanes) is 9. The summed E-state index contributed by atoms with van der Waals surface area (Å²) in [4.78, 5) is 12.4. The molecule has 0 heterocycles. The van der Waals surface area contributed by atoms with Gasteiger partial charge in [0, 0.05) is 6.54 Å². The van der Waals surface area contributed by atoms with Gasteiger partial charge >= 0.3 is 6.09 Å². The normalized spacial score (nSPS) is 11.4. The van der Waals surface area contributed by atoms with Crippen molar-refractivity contribution in [2.75, 3.05) is 13.2 Å². The summed E-state index contributed by atoms with van der Waals surface area (Å²) in [6, 6.07) is 6.54. The van der Waals surface area contributed by atoms with E-state index in [1.807, 2.05) is 6.92 Å². The van der Waals surface area contributed by atoms with Gasteiger partial charge in [0.2, 0.25) is 0 Å². The lowest BCUT2D eigenvalue weighted by molar-refractivity contribution is 0.130. The summed E-state index contributed by atoms with van der Waals surface area (Å²) >= 11 is 0. The van der Waals surface area contributed by atoms with Crippen LogP contribution >= 0.6 is 0 Å². The van der Waals surface area contributed by atoms with Gasteiger partial charge in [-0.1, -0.05) is 82.4 Å². The third kappa shape index (κ3) is 8.63. The van der Waals surface area contributed by atoms with Gasteiger partial charge in [-0.05, 0) is 32.4 Å². The highest BCUT2D eigenvalue weighted by atomic mass is 32.2. The van der Waals surface area contributed by atoms with E-state index in [1.54, 1.807) is 19.1 Å². The fourth-order valence-corrected chi connectivity index (χ4v) is 4.44. The summed E-state index contributed by atoms with van der Waals surface area (Å²) in [7, 11) is -3.89. The zero-order chi connectivity index (χ0) is 20.8. The quantitative estimate of drug-likeness (QED) is 0.349. The second kappa shape index (κ2) is 13.6. The van der Waals surface area contributed by atoms with E-state index in [0.717, 1.165) is 29.1 Å². The van der Waals surface area contributed by atoms with Crippen LogP contribution in [0.15, 0.2) is 29.2 Å². The molecule has 0 aromatic heterocycles. The summed E-state index contributed by atoms with van der Waals surface area (Å²) in [6.07, 6.45) is 10.7. The zero-order valence-corrected chi connectivity index (χ0v) is 18.6. The van der Waals surface area contributed by atoms with Crippen LogP contribution in [0.1, 0.15) is 83.6 Å². The van der Waals surface area contributed by atoms with E-state index in [9.17, 15) is 13.2 Å². The van der Waals surface area contributed by atoms with E-state index in [0.29, 0.717) is 6.42 Å². The summed E-state index contributed by atoms with van der Waals surface area (Å²) in [5.41, 5.74) is 0.969. The summed E-state index contributed by atoms with van der Waals surface area (Å²) < 4.78 is 31.6. The average Bonchev–Trinajstić information content (AvgIpc) is 2.66. The minimum atomic E-state index is -3.89. The molecule has 1 aromatic carbocycles. The molecule has 0 spiro atoms. The lowest BCUT2D eigenvalue weighted by Crippen LogP contribution is -2.38. The number of nitrogens with zero attached hydrogens (tertiary/aromatic N) is 1.